The Hall–Kier alpha value is -2.15. The maximum Gasteiger partial charge on any atom is 0.335 e. The van der Waals surface area contributed by atoms with E-state index in [0.29, 0.717) is 17.9 Å². The van der Waals surface area contributed by atoms with Crippen LogP contribution in [0, 0.1) is 0 Å². The molecule has 1 amide bonds. The highest BCUT2D eigenvalue weighted by molar-refractivity contribution is 9.10. The molecule has 2 aromatic rings. The summed E-state index contributed by atoms with van der Waals surface area (Å²) in [5.41, 5.74) is 1.18. The van der Waals surface area contributed by atoms with E-state index >= 15 is 0 Å². The predicted molar refractivity (Wildman–Crippen MR) is 80.2 cm³/mol. The molecule has 0 saturated carbocycles. The molecule has 0 aliphatic heterocycles. The number of hydrogen-bond acceptors (Lipinski definition) is 3. The van der Waals surface area contributed by atoms with Crippen LogP contribution in [0.25, 0.3) is 0 Å². The highest BCUT2D eigenvalue weighted by Gasteiger charge is 2.12. The van der Waals surface area contributed by atoms with E-state index in [2.05, 4.69) is 26.2 Å². The first kappa shape index (κ1) is 15.2. The Kier molecular flexibility index (Phi) is 4.74. The van der Waals surface area contributed by atoms with Crippen molar-refractivity contribution in [3.8, 4) is 0 Å². The summed E-state index contributed by atoms with van der Waals surface area (Å²) in [6.45, 7) is 2.80. The van der Waals surface area contributed by atoms with Crippen LogP contribution in [0.15, 0.2) is 35.1 Å². The van der Waals surface area contributed by atoms with Gasteiger partial charge in [-0.2, -0.15) is 0 Å². The molecule has 2 N–H and O–H groups in total. The maximum atomic E-state index is 12.1. The predicted octanol–water partition coefficient (Wildman–Crippen LogP) is 2.29. The van der Waals surface area contributed by atoms with Crippen molar-refractivity contribution in [2.45, 2.75) is 20.0 Å². The lowest BCUT2D eigenvalue weighted by Gasteiger charge is -2.07. The molecule has 110 valence electrons. The van der Waals surface area contributed by atoms with E-state index in [1.807, 2.05) is 17.7 Å². The summed E-state index contributed by atoms with van der Waals surface area (Å²) in [6.07, 6.45) is 3.24. The molecule has 0 unspecified atom stereocenters. The lowest BCUT2D eigenvalue weighted by atomic mass is 10.2. The van der Waals surface area contributed by atoms with E-state index in [-0.39, 0.29) is 18.0 Å². The molecule has 0 aromatic carbocycles. The molecule has 0 saturated heterocycles. The Labute approximate surface area is 129 Å². The van der Waals surface area contributed by atoms with Gasteiger partial charge < -0.3 is 15.0 Å². The third kappa shape index (κ3) is 3.69. The first-order valence-electron chi connectivity index (χ1n) is 6.33. The van der Waals surface area contributed by atoms with Gasteiger partial charge in [0.15, 0.2) is 0 Å². The van der Waals surface area contributed by atoms with E-state index in [0.717, 1.165) is 4.47 Å². The average molecular weight is 352 g/mol. The Morgan fingerprint density at radius 1 is 1.43 bits per heavy atom. The fourth-order valence-corrected chi connectivity index (χ4v) is 2.36. The lowest BCUT2D eigenvalue weighted by Crippen LogP contribution is -2.25. The maximum absolute atomic E-state index is 12.1. The summed E-state index contributed by atoms with van der Waals surface area (Å²) in [6, 6.07) is 4.59. The smallest absolute Gasteiger partial charge is 0.335 e. The van der Waals surface area contributed by atoms with Crippen LogP contribution in [0.5, 0.6) is 0 Å². The second-order valence-corrected chi connectivity index (χ2v) is 5.27. The molecule has 0 radical (unpaired) electrons. The number of carboxylic acids is 1. The van der Waals surface area contributed by atoms with Crippen LogP contribution in [0.2, 0.25) is 0 Å². The van der Waals surface area contributed by atoms with Crippen LogP contribution in [0.1, 0.15) is 33.5 Å². The molecule has 0 bridgehead atoms. The number of amides is 1. The number of aromatic carboxylic acids is 1. The Morgan fingerprint density at radius 3 is 2.86 bits per heavy atom. The van der Waals surface area contributed by atoms with Crippen molar-refractivity contribution in [3.63, 3.8) is 0 Å². The topological polar surface area (TPSA) is 84.2 Å². The number of carboxylic acid groups (broad SMARTS) is 1. The minimum absolute atomic E-state index is 0.147. The molecular weight excluding hydrogens is 338 g/mol. The SMILES string of the molecule is CCn1cc(Br)cc1C(=O)NCc1cc(C(=O)O)ccn1. The fraction of sp³-hybridized carbons (Fsp3) is 0.214. The molecule has 0 aliphatic rings. The number of halogens is 1. The minimum atomic E-state index is -1.02. The number of carbonyl (C=O) groups excluding carboxylic acids is 1. The van der Waals surface area contributed by atoms with E-state index in [1.165, 1.54) is 18.3 Å². The third-order valence-corrected chi connectivity index (χ3v) is 3.36. The highest BCUT2D eigenvalue weighted by atomic mass is 79.9. The van der Waals surface area contributed by atoms with E-state index in [4.69, 9.17) is 5.11 Å². The zero-order valence-electron chi connectivity index (χ0n) is 11.3. The molecule has 0 aliphatic carbocycles. The van der Waals surface area contributed by atoms with E-state index in [9.17, 15) is 9.59 Å². The van der Waals surface area contributed by atoms with Gasteiger partial charge in [-0.15, -0.1) is 0 Å². The summed E-state index contributed by atoms with van der Waals surface area (Å²) in [5, 5.41) is 11.6. The highest BCUT2D eigenvalue weighted by Crippen LogP contribution is 2.15. The summed E-state index contributed by atoms with van der Waals surface area (Å²) < 4.78 is 2.65. The van der Waals surface area contributed by atoms with Crippen molar-refractivity contribution in [2.75, 3.05) is 0 Å². The Bertz CT molecular complexity index is 682. The van der Waals surface area contributed by atoms with Gasteiger partial charge in [-0.05, 0) is 41.1 Å². The van der Waals surface area contributed by atoms with Crippen LogP contribution >= 0.6 is 15.9 Å². The number of nitrogens with one attached hydrogen (secondary N) is 1. The number of pyridine rings is 1. The van der Waals surface area contributed by atoms with Crippen molar-refractivity contribution < 1.29 is 14.7 Å². The molecule has 0 fully saturated rings. The second kappa shape index (κ2) is 6.53. The van der Waals surface area contributed by atoms with Crippen molar-refractivity contribution in [1.29, 1.82) is 0 Å². The van der Waals surface area contributed by atoms with Crippen LogP contribution in [-0.2, 0) is 13.1 Å². The summed E-state index contributed by atoms with van der Waals surface area (Å²) in [5.74, 6) is -1.25. The molecule has 0 spiro atoms. The summed E-state index contributed by atoms with van der Waals surface area (Å²) in [7, 11) is 0. The van der Waals surface area contributed by atoms with E-state index in [1.54, 1.807) is 6.07 Å². The zero-order valence-corrected chi connectivity index (χ0v) is 12.9. The van der Waals surface area contributed by atoms with Gasteiger partial charge >= 0.3 is 5.97 Å². The molecule has 21 heavy (non-hydrogen) atoms. The van der Waals surface area contributed by atoms with Gasteiger partial charge in [0.2, 0.25) is 0 Å². The molecule has 7 heteroatoms. The van der Waals surface area contributed by atoms with Crippen molar-refractivity contribution in [3.05, 3.63) is 52.0 Å². The quantitative estimate of drug-likeness (QED) is 0.865. The van der Waals surface area contributed by atoms with Gasteiger partial charge in [0.05, 0.1) is 17.8 Å². The van der Waals surface area contributed by atoms with Gasteiger partial charge in [-0.3, -0.25) is 9.78 Å². The van der Waals surface area contributed by atoms with Gasteiger partial charge in [0.25, 0.3) is 5.91 Å². The Morgan fingerprint density at radius 2 is 2.19 bits per heavy atom. The van der Waals surface area contributed by atoms with Gasteiger partial charge in [-0.25, -0.2) is 4.79 Å². The molecule has 0 atom stereocenters. The zero-order chi connectivity index (χ0) is 15.4. The molecule has 2 heterocycles. The Balaban J connectivity index is 2.07. The number of rotatable bonds is 5. The molecule has 2 aromatic heterocycles. The monoisotopic (exact) mass is 351 g/mol. The molecule has 6 nitrogen and oxygen atoms in total. The largest absolute Gasteiger partial charge is 0.478 e. The number of aryl methyl sites for hydroxylation is 1. The number of aromatic nitrogens is 2. The van der Waals surface area contributed by atoms with Gasteiger partial charge in [-0.1, -0.05) is 0 Å². The normalized spacial score (nSPS) is 10.4. The van der Waals surface area contributed by atoms with Crippen LogP contribution in [0.3, 0.4) is 0 Å². The third-order valence-electron chi connectivity index (χ3n) is 2.93. The number of carbonyl (C=O) groups is 2. The standard InChI is InChI=1S/C14H14BrN3O3/c1-2-18-8-10(15)6-12(18)13(19)17-7-11-5-9(14(20)21)3-4-16-11/h3-6,8H,2,7H2,1H3,(H,17,19)(H,20,21). The van der Waals surface area contributed by atoms with Crippen LogP contribution < -0.4 is 5.32 Å². The van der Waals surface area contributed by atoms with Gasteiger partial charge in [0.1, 0.15) is 5.69 Å². The fourth-order valence-electron chi connectivity index (χ4n) is 1.90. The summed E-state index contributed by atoms with van der Waals surface area (Å²) in [4.78, 5) is 27.0. The van der Waals surface area contributed by atoms with E-state index < -0.39 is 5.97 Å². The first-order chi connectivity index (χ1) is 10.0. The second-order valence-electron chi connectivity index (χ2n) is 4.35. The number of hydrogen-bond donors (Lipinski definition) is 2. The van der Waals surface area contributed by atoms with Gasteiger partial charge in [0, 0.05) is 23.4 Å². The minimum Gasteiger partial charge on any atom is -0.478 e. The molecular formula is C14H14BrN3O3. The lowest BCUT2D eigenvalue weighted by molar-refractivity contribution is 0.0696. The average Bonchev–Trinajstić information content (AvgIpc) is 2.86. The van der Waals surface area contributed by atoms with Crippen molar-refractivity contribution >= 4 is 27.8 Å². The van der Waals surface area contributed by atoms with Crippen LogP contribution in [-0.4, -0.2) is 26.5 Å². The van der Waals surface area contributed by atoms with Crippen LogP contribution in [0.4, 0.5) is 0 Å². The number of nitrogens with zero attached hydrogens (tertiary/aromatic N) is 2. The van der Waals surface area contributed by atoms with Crippen molar-refractivity contribution in [1.82, 2.24) is 14.9 Å². The first-order valence-corrected chi connectivity index (χ1v) is 7.12. The summed E-state index contributed by atoms with van der Waals surface area (Å²) >= 11 is 3.34. The van der Waals surface area contributed by atoms with Crippen molar-refractivity contribution in [2.24, 2.45) is 0 Å². The molecule has 2 rings (SSSR count).